The number of hydrogen-bond donors (Lipinski definition) is 6. The number of rotatable bonds is 4. The summed E-state index contributed by atoms with van der Waals surface area (Å²) in [6.07, 6.45) is -6.62. The second-order valence-corrected chi connectivity index (χ2v) is 12.4. The molecule has 4 aliphatic rings. The van der Waals surface area contributed by atoms with Gasteiger partial charge >= 0.3 is 0 Å². The van der Waals surface area contributed by atoms with Gasteiger partial charge in [0.15, 0.2) is 11.5 Å². The number of carbonyl (C=O) groups is 2. The molecule has 1 heterocycles. The van der Waals surface area contributed by atoms with Crippen LogP contribution in [0.3, 0.4) is 0 Å². The number of Topliss-reactive ketones (excluding diaryl/α,β-unsaturated/α-hetero) is 2. The predicted molar refractivity (Wildman–Crippen MR) is 132 cm³/mol. The maximum absolute atomic E-state index is 14.0. The third-order valence-corrected chi connectivity index (χ3v) is 10.6. The number of hydrogen-bond acceptors (Lipinski definition) is 10. The van der Waals surface area contributed by atoms with E-state index in [2.05, 4.69) is 6.92 Å². The molecule has 0 aromatic heterocycles. The molecular weight excluding hydrogens is 496 g/mol. The van der Waals surface area contributed by atoms with Crippen LogP contribution in [-0.4, -0.2) is 85.6 Å². The lowest BCUT2D eigenvalue weighted by molar-refractivity contribution is -0.277. The van der Waals surface area contributed by atoms with Crippen molar-refractivity contribution in [3.63, 3.8) is 0 Å². The molecule has 0 amide bonds. The fraction of sp³-hybridized carbons (Fsp3) is 0.714. The van der Waals surface area contributed by atoms with Crippen LogP contribution < -0.4 is 4.74 Å². The fourth-order valence-electron chi connectivity index (χ4n) is 8.42. The second-order valence-electron chi connectivity index (χ2n) is 12.4. The van der Waals surface area contributed by atoms with Crippen molar-refractivity contribution >= 4 is 11.6 Å². The first-order chi connectivity index (χ1) is 17.7. The average Bonchev–Trinajstić information content (AvgIpc) is 3.04. The number of aryl methyl sites for hydroxylation is 1. The molecule has 2 saturated carbocycles. The number of phenolic OH excluding ortho intramolecular Hbond substituents is 1. The Labute approximate surface area is 221 Å². The van der Waals surface area contributed by atoms with Crippen molar-refractivity contribution in [1.82, 2.24) is 0 Å². The van der Waals surface area contributed by atoms with Crippen LogP contribution in [0.5, 0.6) is 11.5 Å². The number of aromatic hydroxyl groups is 1. The van der Waals surface area contributed by atoms with Gasteiger partial charge in [-0.2, -0.15) is 0 Å². The Morgan fingerprint density at radius 1 is 1.08 bits per heavy atom. The molecule has 0 radical (unpaired) electrons. The molecule has 38 heavy (non-hydrogen) atoms. The number of ether oxygens (including phenoxy) is 2. The zero-order chi connectivity index (χ0) is 27.9. The third kappa shape index (κ3) is 3.54. The summed E-state index contributed by atoms with van der Waals surface area (Å²) < 4.78 is 11.2. The number of aliphatic hydroxyl groups is 5. The molecule has 210 valence electrons. The lowest BCUT2D eigenvalue weighted by atomic mass is 9.42. The molecule has 11 atom stereocenters. The van der Waals surface area contributed by atoms with Crippen LogP contribution in [0.15, 0.2) is 12.1 Å². The van der Waals surface area contributed by atoms with Crippen molar-refractivity contribution in [3.8, 4) is 11.5 Å². The smallest absolute Gasteiger partial charge is 0.229 e. The zero-order valence-electron chi connectivity index (χ0n) is 22.1. The standard InChI is InChI=1S/C28H38O10/c1-12(30)21-16(32)9-26(2)19-6-5-13-7-15(31)17(8-14(13)28(19,4)20(33)10-27(21,26)3)37-25-24(36)23(35)22(34)18(11-29)38-25/h7-8,16,18-19,21-25,29,31-32,34-36H,5-6,9-11H2,1-4H3. The zero-order valence-corrected chi connectivity index (χ0v) is 22.1. The first-order valence-electron chi connectivity index (χ1n) is 13.3. The molecule has 10 heteroatoms. The SMILES string of the molecule is CC(=O)C1C(O)CC2(C)C3CCc4cc(O)c(OC5OC(CO)C(O)C(O)C5O)cc4C3(C)C(=O)CC12C. The minimum absolute atomic E-state index is 0.0479. The first-order valence-corrected chi connectivity index (χ1v) is 13.3. The topological polar surface area (TPSA) is 174 Å². The molecule has 0 bridgehead atoms. The molecule has 3 aliphatic carbocycles. The van der Waals surface area contributed by atoms with Crippen LogP contribution >= 0.6 is 0 Å². The summed E-state index contributed by atoms with van der Waals surface area (Å²) in [5.41, 5.74) is -0.720. The van der Waals surface area contributed by atoms with E-state index in [1.807, 2.05) is 13.8 Å². The normalized spacial score (nSPS) is 46.2. The van der Waals surface area contributed by atoms with Gasteiger partial charge in [0, 0.05) is 12.3 Å². The number of phenols is 1. The number of ketones is 2. The first kappa shape index (κ1) is 27.5. The minimum Gasteiger partial charge on any atom is -0.504 e. The Hall–Kier alpha value is -2.08. The van der Waals surface area contributed by atoms with Crippen LogP contribution in [0.25, 0.3) is 0 Å². The Morgan fingerprint density at radius 2 is 1.76 bits per heavy atom. The van der Waals surface area contributed by atoms with Gasteiger partial charge in [-0.3, -0.25) is 9.59 Å². The highest BCUT2D eigenvalue weighted by Crippen LogP contribution is 2.70. The monoisotopic (exact) mass is 534 g/mol. The lowest BCUT2D eigenvalue weighted by Gasteiger charge is -2.60. The van der Waals surface area contributed by atoms with Gasteiger partial charge in [0.2, 0.25) is 6.29 Å². The van der Waals surface area contributed by atoms with E-state index in [0.29, 0.717) is 24.8 Å². The van der Waals surface area contributed by atoms with Crippen molar-refractivity contribution in [3.05, 3.63) is 23.3 Å². The van der Waals surface area contributed by atoms with E-state index >= 15 is 0 Å². The highest BCUT2D eigenvalue weighted by molar-refractivity contribution is 5.94. The van der Waals surface area contributed by atoms with E-state index in [1.54, 1.807) is 6.07 Å². The van der Waals surface area contributed by atoms with E-state index in [1.165, 1.54) is 13.0 Å². The van der Waals surface area contributed by atoms with E-state index in [0.717, 1.165) is 5.56 Å². The van der Waals surface area contributed by atoms with Crippen molar-refractivity contribution in [2.45, 2.75) is 95.6 Å². The predicted octanol–water partition coefficient (Wildman–Crippen LogP) is 0.346. The Morgan fingerprint density at radius 3 is 2.39 bits per heavy atom. The number of fused-ring (bicyclic) bond motifs is 5. The highest BCUT2D eigenvalue weighted by atomic mass is 16.7. The van der Waals surface area contributed by atoms with E-state index in [-0.39, 0.29) is 35.4 Å². The molecule has 0 spiro atoms. The van der Waals surface area contributed by atoms with Crippen molar-refractivity contribution in [2.75, 3.05) is 6.61 Å². The van der Waals surface area contributed by atoms with Crippen LogP contribution in [0.1, 0.15) is 58.1 Å². The highest BCUT2D eigenvalue weighted by Gasteiger charge is 2.71. The Kier molecular flexibility index (Phi) is 6.49. The number of aliphatic hydroxyl groups excluding tert-OH is 5. The summed E-state index contributed by atoms with van der Waals surface area (Å²) in [4.78, 5) is 26.6. The quantitative estimate of drug-likeness (QED) is 0.316. The summed E-state index contributed by atoms with van der Waals surface area (Å²) in [6.45, 7) is 6.76. The van der Waals surface area contributed by atoms with Gasteiger partial charge in [-0.25, -0.2) is 0 Å². The van der Waals surface area contributed by atoms with E-state index < -0.39 is 65.6 Å². The van der Waals surface area contributed by atoms with Gasteiger partial charge in [-0.05, 0) is 73.1 Å². The van der Waals surface area contributed by atoms with Gasteiger partial charge in [-0.1, -0.05) is 13.8 Å². The minimum atomic E-state index is -1.66. The molecule has 1 aromatic rings. The molecule has 3 fully saturated rings. The summed E-state index contributed by atoms with van der Waals surface area (Å²) in [7, 11) is 0. The van der Waals surface area contributed by atoms with Gasteiger partial charge in [0.05, 0.1) is 18.1 Å². The summed E-state index contributed by atoms with van der Waals surface area (Å²) in [5.74, 6) is -1.28. The lowest BCUT2D eigenvalue weighted by Crippen LogP contribution is -2.61. The summed E-state index contributed by atoms with van der Waals surface area (Å²) in [5, 5.41) is 61.8. The molecule has 1 saturated heterocycles. The van der Waals surface area contributed by atoms with Crippen molar-refractivity contribution < 1.29 is 49.7 Å². The van der Waals surface area contributed by atoms with Crippen LogP contribution in [0.4, 0.5) is 0 Å². The van der Waals surface area contributed by atoms with E-state index in [4.69, 9.17) is 9.47 Å². The Bertz CT molecular complexity index is 1150. The number of carbonyl (C=O) groups excluding carboxylic acids is 2. The third-order valence-electron chi connectivity index (χ3n) is 10.6. The molecular formula is C28H38O10. The molecule has 1 aromatic carbocycles. The Balaban J connectivity index is 1.54. The van der Waals surface area contributed by atoms with Crippen LogP contribution in [0.2, 0.25) is 0 Å². The van der Waals surface area contributed by atoms with Crippen LogP contribution in [-0.2, 0) is 26.2 Å². The summed E-state index contributed by atoms with van der Waals surface area (Å²) >= 11 is 0. The van der Waals surface area contributed by atoms with Crippen molar-refractivity contribution in [2.24, 2.45) is 22.7 Å². The average molecular weight is 535 g/mol. The van der Waals surface area contributed by atoms with Gasteiger partial charge in [0.25, 0.3) is 0 Å². The second kappa shape index (κ2) is 8.97. The maximum Gasteiger partial charge on any atom is 0.229 e. The fourth-order valence-corrected chi connectivity index (χ4v) is 8.42. The van der Waals surface area contributed by atoms with E-state index in [9.17, 15) is 40.2 Å². The van der Waals surface area contributed by atoms with Crippen molar-refractivity contribution in [1.29, 1.82) is 0 Å². The molecule has 10 nitrogen and oxygen atoms in total. The molecule has 6 N–H and O–H groups in total. The van der Waals surface area contributed by atoms with Gasteiger partial charge < -0.3 is 40.1 Å². The van der Waals surface area contributed by atoms with Gasteiger partial charge in [0.1, 0.15) is 36.0 Å². The largest absolute Gasteiger partial charge is 0.504 e. The van der Waals surface area contributed by atoms with Crippen LogP contribution in [0, 0.1) is 22.7 Å². The summed E-state index contributed by atoms with van der Waals surface area (Å²) in [6, 6.07) is 3.09. The molecule has 11 unspecified atom stereocenters. The molecule has 5 rings (SSSR count). The maximum atomic E-state index is 14.0. The van der Waals surface area contributed by atoms with Gasteiger partial charge in [-0.15, -0.1) is 0 Å². The number of benzene rings is 1. The molecule has 1 aliphatic heterocycles.